The number of aliphatic hydroxyl groups is 2. The fourth-order valence-corrected chi connectivity index (χ4v) is 7.14. The third-order valence-electron chi connectivity index (χ3n) is 8.01. The maximum absolute atomic E-state index is 14.2. The molecular formula is C25H37N10O10P. The van der Waals surface area contributed by atoms with Crippen LogP contribution in [0.3, 0.4) is 0 Å². The second-order valence-corrected chi connectivity index (χ2v) is 12.9. The van der Waals surface area contributed by atoms with Crippen LogP contribution in [0.2, 0.25) is 0 Å². The van der Waals surface area contributed by atoms with Crippen molar-refractivity contribution in [2.45, 2.75) is 49.7 Å². The number of rotatable bonds is 12. The number of morpholine rings is 1. The average Bonchev–Trinajstić information content (AvgIpc) is 3.73. The van der Waals surface area contributed by atoms with E-state index < -0.39 is 62.5 Å². The lowest BCUT2D eigenvalue weighted by Gasteiger charge is -2.29. The van der Waals surface area contributed by atoms with Crippen molar-refractivity contribution in [1.82, 2.24) is 39.1 Å². The van der Waals surface area contributed by atoms with Gasteiger partial charge in [0.05, 0.1) is 38.9 Å². The van der Waals surface area contributed by atoms with E-state index in [1.165, 1.54) is 27.7 Å². The Balaban J connectivity index is 1.15. The highest BCUT2D eigenvalue weighted by Gasteiger charge is 2.44. The Bertz CT molecular complexity index is 1680. The number of hydrogen-bond acceptors (Lipinski definition) is 16. The van der Waals surface area contributed by atoms with Gasteiger partial charge in [-0.1, -0.05) is 0 Å². The molecule has 6 heterocycles. The third-order valence-corrected chi connectivity index (χ3v) is 9.66. The number of aromatic nitrogens is 6. The van der Waals surface area contributed by atoms with E-state index in [1.54, 1.807) is 0 Å². The van der Waals surface area contributed by atoms with Gasteiger partial charge >= 0.3 is 13.4 Å². The minimum absolute atomic E-state index is 0.0435. The number of ether oxygens (including phenoxy) is 3. The van der Waals surface area contributed by atoms with Gasteiger partial charge < -0.3 is 35.9 Å². The van der Waals surface area contributed by atoms with Crippen molar-refractivity contribution in [1.29, 1.82) is 0 Å². The van der Waals surface area contributed by atoms with E-state index in [2.05, 4.69) is 29.9 Å². The second kappa shape index (κ2) is 13.8. The second-order valence-electron chi connectivity index (χ2n) is 11.1. The molecule has 3 aliphatic rings. The molecule has 7 atom stereocenters. The first-order valence-electron chi connectivity index (χ1n) is 14.8. The summed E-state index contributed by atoms with van der Waals surface area (Å²) in [5.41, 5.74) is 10.4. The van der Waals surface area contributed by atoms with Crippen molar-refractivity contribution in [3.8, 4) is 0 Å². The summed E-state index contributed by atoms with van der Waals surface area (Å²) in [6.07, 6.45) is -2.60. The largest absolute Gasteiger partial charge is 0.406 e. The van der Waals surface area contributed by atoms with Gasteiger partial charge in [0, 0.05) is 45.2 Å². The number of H-pyrrole nitrogens is 1. The molecule has 3 aromatic rings. The number of fused-ring (bicyclic) bond motifs is 1. The van der Waals surface area contributed by atoms with Crippen LogP contribution in [0.5, 0.6) is 0 Å². The maximum Gasteiger partial charge on any atom is 0.406 e. The molecule has 6 rings (SSSR count). The lowest BCUT2D eigenvalue weighted by atomic mass is 10.2. The van der Waals surface area contributed by atoms with E-state index in [0.717, 1.165) is 0 Å². The molecule has 20 nitrogen and oxygen atoms in total. The van der Waals surface area contributed by atoms with E-state index >= 15 is 0 Å². The summed E-state index contributed by atoms with van der Waals surface area (Å²) in [6, 6.07) is 1.43. The molecular weight excluding hydrogens is 631 g/mol. The number of aliphatic hydroxyl groups excluding tert-OH is 2. The van der Waals surface area contributed by atoms with Gasteiger partial charge in [-0.05, 0) is 6.07 Å². The highest BCUT2D eigenvalue weighted by molar-refractivity contribution is 7.51. The molecule has 0 spiro atoms. The van der Waals surface area contributed by atoms with Gasteiger partial charge in [0.25, 0.3) is 5.56 Å². The van der Waals surface area contributed by atoms with Crippen molar-refractivity contribution in [2.24, 2.45) is 0 Å². The van der Waals surface area contributed by atoms with E-state index in [-0.39, 0.29) is 48.9 Å². The fourth-order valence-electron chi connectivity index (χ4n) is 5.61. The Morgan fingerprint density at radius 3 is 2.63 bits per heavy atom. The Labute approximate surface area is 261 Å². The van der Waals surface area contributed by atoms with Crippen LogP contribution >= 0.6 is 7.75 Å². The van der Waals surface area contributed by atoms with Crippen LogP contribution in [0.1, 0.15) is 25.3 Å². The summed E-state index contributed by atoms with van der Waals surface area (Å²) in [7, 11) is -4.14. The molecule has 1 unspecified atom stereocenters. The standard InChI is InChI=1S/C25H37N10O10P/c26-18-1-3-34(25(39)30-18)20-10-15(16(11-36)43-20)45-46(40,29-2-4-33-5-7-41-8-6-33)42-12-17-14(37)9-19(44-17)35-13-28-21-22(35)31-24(27)32-23(21)38/h1,3,13-17,19-20,36-37H,2,4-12H2,(H,29,40)(H2,26,30,39)(H3,27,31,32,38)/t14-,15-,16+,17+,19+,20+,46?/m0/s1. The van der Waals surface area contributed by atoms with Gasteiger partial charge in [-0.25, -0.2) is 19.4 Å². The zero-order valence-electron chi connectivity index (χ0n) is 24.7. The van der Waals surface area contributed by atoms with Crippen LogP contribution in [0, 0.1) is 0 Å². The summed E-state index contributed by atoms with van der Waals surface area (Å²) in [4.78, 5) is 41.1. The zero-order valence-corrected chi connectivity index (χ0v) is 25.6. The Morgan fingerprint density at radius 2 is 1.87 bits per heavy atom. The van der Waals surface area contributed by atoms with Crippen molar-refractivity contribution in [2.75, 3.05) is 64.1 Å². The summed E-state index contributed by atoms with van der Waals surface area (Å²) in [5.74, 6) is -0.0577. The highest BCUT2D eigenvalue weighted by atomic mass is 31.2. The molecule has 3 fully saturated rings. The van der Waals surface area contributed by atoms with Crippen LogP contribution in [-0.4, -0.2) is 121 Å². The number of aromatic amines is 1. The zero-order chi connectivity index (χ0) is 32.4. The first kappa shape index (κ1) is 32.6. The molecule has 252 valence electrons. The van der Waals surface area contributed by atoms with Crippen molar-refractivity contribution in [3.05, 3.63) is 39.4 Å². The molecule has 3 saturated heterocycles. The van der Waals surface area contributed by atoms with Gasteiger partial charge in [0.2, 0.25) is 5.95 Å². The van der Waals surface area contributed by atoms with Gasteiger partial charge in [-0.15, -0.1) is 0 Å². The monoisotopic (exact) mass is 668 g/mol. The van der Waals surface area contributed by atoms with E-state index in [0.29, 0.717) is 32.8 Å². The molecule has 0 aromatic carbocycles. The fraction of sp³-hybridized carbons (Fsp3) is 0.640. The minimum Gasteiger partial charge on any atom is -0.394 e. The SMILES string of the molecule is Nc1ccn([C@H]2C[C@H](OP(=O)(NCCN3CCOCC3)OC[C@H]3O[C@@H](n4cnc5c(=O)[nH]c(N)nc54)C[C@@H]3O)[C@@H](CO)O2)c(=O)n1. The Hall–Kier alpha value is -3.30. The molecule has 0 amide bonds. The van der Waals surface area contributed by atoms with Gasteiger partial charge in [-0.2, -0.15) is 9.97 Å². The number of nitrogens with zero attached hydrogens (tertiary/aromatic N) is 6. The number of nitrogen functional groups attached to an aromatic ring is 2. The van der Waals surface area contributed by atoms with Crippen LogP contribution in [-0.2, 0) is 27.8 Å². The molecule has 0 saturated carbocycles. The van der Waals surface area contributed by atoms with Crippen LogP contribution in [0.15, 0.2) is 28.2 Å². The predicted octanol–water partition coefficient (Wildman–Crippen LogP) is -2.10. The Kier molecular flexibility index (Phi) is 9.80. The van der Waals surface area contributed by atoms with Crippen molar-refractivity contribution < 1.29 is 38.0 Å². The maximum atomic E-state index is 14.2. The quantitative estimate of drug-likeness (QED) is 0.113. The summed E-state index contributed by atoms with van der Waals surface area (Å²) in [6.45, 7) is 2.51. The lowest BCUT2D eigenvalue weighted by Crippen LogP contribution is -2.40. The molecule has 3 aromatic heterocycles. The van der Waals surface area contributed by atoms with Gasteiger partial charge in [0.15, 0.2) is 11.2 Å². The molecule has 0 radical (unpaired) electrons. The third kappa shape index (κ3) is 7.15. The first-order valence-corrected chi connectivity index (χ1v) is 16.3. The van der Waals surface area contributed by atoms with E-state index in [9.17, 15) is 24.4 Å². The minimum atomic E-state index is -4.14. The summed E-state index contributed by atoms with van der Waals surface area (Å²) in [5, 5.41) is 23.7. The molecule has 8 N–H and O–H groups in total. The van der Waals surface area contributed by atoms with Crippen molar-refractivity contribution in [3.63, 3.8) is 0 Å². The smallest absolute Gasteiger partial charge is 0.394 e. The van der Waals surface area contributed by atoms with Crippen molar-refractivity contribution >= 4 is 30.7 Å². The molecule has 3 aliphatic heterocycles. The first-order chi connectivity index (χ1) is 22.1. The molecule has 21 heteroatoms. The van der Waals surface area contributed by atoms with Gasteiger partial charge in [-0.3, -0.25) is 32.9 Å². The molecule has 0 bridgehead atoms. The molecule has 0 aliphatic carbocycles. The predicted molar refractivity (Wildman–Crippen MR) is 159 cm³/mol. The molecule has 46 heavy (non-hydrogen) atoms. The van der Waals surface area contributed by atoms with Crippen LogP contribution < -0.4 is 27.8 Å². The summed E-state index contributed by atoms with van der Waals surface area (Å²) >= 11 is 0. The Morgan fingerprint density at radius 1 is 1.11 bits per heavy atom. The van der Waals surface area contributed by atoms with E-state index in [1.807, 2.05) is 0 Å². The lowest BCUT2D eigenvalue weighted by molar-refractivity contribution is -0.0521. The number of imidazole rings is 1. The topological polar surface area (TPSA) is 269 Å². The van der Waals surface area contributed by atoms with Gasteiger partial charge in [0.1, 0.15) is 36.6 Å². The summed E-state index contributed by atoms with van der Waals surface area (Å²) < 4.78 is 46.0. The van der Waals surface area contributed by atoms with Crippen LogP contribution in [0.25, 0.3) is 11.2 Å². The average molecular weight is 669 g/mol. The van der Waals surface area contributed by atoms with Crippen LogP contribution in [0.4, 0.5) is 11.8 Å². The highest BCUT2D eigenvalue weighted by Crippen LogP contribution is 2.49. The number of hydrogen-bond donors (Lipinski definition) is 6. The number of nitrogens with two attached hydrogens (primary N) is 2. The normalized spacial score (nSPS) is 28.6. The number of anilines is 2. The van der Waals surface area contributed by atoms with E-state index in [4.69, 9.17) is 34.7 Å². The number of nitrogens with one attached hydrogen (secondary N) is 2.